The number of hydrogen-bond donors (Lipinski definition) is 0. The van der Waals surface area contributed by atoms with Gasteiger partial charge in [-0.2, -0.15) is 0 Å². The summed E-state index contributed by atoms with van der Waals surface area (Å²) in [6.07, 6.45) is 2.02. The smallest absolute Gasteiger partial charge is 0.309 e. The van der Waals surface area contributed by atoms with Gasteiger partial charge in [-0.05, 0) is 30.5 Å². The molecule has 6 heteroatoms. The van der Waals surface area contributed by atoms with E-state index in [2.05, 4.69) is 0 Å². The van der Waals surface area contributed by atoms with Gasteiger partial charge in [0.05, 0.1) is 20.1 Å². The van der Waals surface area contributed by atoms with Gasteiger partial charge in [-0.25, -0.2) is 0 Å². The van der Waals surface area contributed by atoms with Crippen molar-refractivity contribution in [1.82, 2.24) is 0 Å². The Morgan fingerprint density at radius 3 is 2.32 bits per heavy atom. The summed E-state index contributed by atoms with van der Waals surface area (Å²) in [5.41, 5.74) is 0.524. The van der Waals surface area contributed by atoms with Crippen molar-refractivity contribution in [3.05, 3.63) is 54.1 Å². The number of ether oxygens (including phenoxy) is 3. The van der Waals surface area contributed by atoms with Crippen molar-refractivity contribution < 1.29 is 23.8 Å². The molecule has 0 unspecified atom stereocenters. The summed E-state index contributed by atoms with van der Waals surface area (Å²) < 4.78 is 15.7. The van der Waals surface area contributed by atoms with Crippen molar-refractivity contribution in [2.24, 2.45) is 0 Å². The largest absolute Gasteiger partial charge is 0.493 e. The lowest BCUT2D eigenvalue weighted by Gasteiger charge is -2.10. The van der Waals surface area contributed by atoms with Crippen LogP contribution in [0.5, 0.6) is 11.5 Å². The van der Waals surface area contributed by atoms with Gasteiger partial charge in [0.25, 0.3) is 0 Å². The van der Waals surface area contributed by atoms with E-state index in [0.29, 0.717) is 17.1 Å². The van der Waals surface area contributed by atoms with Gasteiger partial charge in [0, 0.05) is 10.5 Å². The second kappa shape index (κ2) is 9.74. The van der Waals surface area contributed by atoms with Crippen LogP contribution in [0, 0.1) is 0 Å². The molecule has 0 heterocycles. The van der Waals surface area contributed by atoms with Crippen LogP contribution in [0.25, 0.3) is 0 Å². The molecule has 0 saturated carbocycles. The number of methoxy groups -OCH3 is 1. The Kier molecular flexibility index (Phi) is 7.35. The Morgan fingerprint density at radius 1 is 1.00 bits per heavy atom. The molecule has 0 fully saturated rings. The first-order chi connectivity index (χ1) is 12.1. The highest BCUT2D eigenvalue weighted by Gasteiger charge is 2.11. The second-order valence-electron chi connectivity index (χ2n) is 5.06. The van der Waals surface area contributed by atoms with Crippen molar-refractivity contribution >= 4 is 23.5 Å². The van der Waals surface area contributed by atoms with E-state index in [4.69, 9.17) is 14.2 Å². The summed E-state index contributed by atoms with van der Waals surface area (Å²) in [5.74, 6) is 0.443. The maximum absolute atomic E-state index is 12.0. The van der Waals surface area contributed by atoms with E-state index in [9.17, 15) is 9.59 Å². The molecule has 0 aliphatic heterocycles. The molecule has 0 aromatic heterocycles. The van der Waals surface area contributed by atoms with Crippen molar-refractivity contribution in [1.29, 1.82) is 0 Å². The molecule has 5 nitrogen and oxygen atoms in total. The average molecular weight is 360 g/mol. The Bertz CT molecular complexity index is 712. The van der Waals surface area contributed by atoms with Gasteiger partial charge >= 0.3 is 5.97 Å². The first-order valence-corrected chi connectivity index (χ1v) is 8.95. The van der Waals surface area contributed by atoms with Crippen LogP contribution in [0.3, 0.4) is 0 Å². The molecule has 0 saturated heterocycles. The maximum atomic E-state index is 12.0. The Balaban J connectivity index is 1.73. The number of carbonyl (C=O) groups is 2. The Morgan fingerprint density at radius 2 is 1.68 bits per heavy atom. The van der Waals surface area contributed by atoms with E-state index in [1.807, 2.05) is 30.5 Å². The minimum Gasteiger partial charge on any atom is -0.493 e. The summed E-state index contributed by atoms with van der Waals surface area (Å²) in [5, 5.41) is 0. The molecule has 2 aromatic carbocycles. The van der Waals surface area contributed by atoms with E-state index < -0.39 is 5.97 Å². The number of thioether (sulfide) groups is 1. The van der Waals surface area contributed by atoms with Crippen molar-refractivity contribution in [2.45, 2.75) is 11.3 Å². The number of benzene rings is 2. The van der Waals surface area contributed by atoms with Gasteiger partial charge in [0.15, 0.2) is 23.9 Å². The van der Waals surface area contributed by atoms with Gasteiger partial charge in [-0.3, -0.25) is 9.59 Å². The maximum Gasteiger partial charge on any atom is 0.309 e. The second-order valence-corrected chi connectivity index (χ2v) is 5.94. The highest BCUT2D eigenvalue weighted by molar-refractivity contribution is 7.98. The standard InChI is InChI=1S/C19H20O5S/c1-22-17-5-3-4-6-18(17)23-12-11-19(21)24-13-16(20)14-7-9-15(25-2)10-8-14/h3-10H,11-13H2,1-2H3. The molecule has 2 rings (SSSR count). The predicted molar refractivity (Wildman–Crippen MR) is 96.6 cm³/mol. The van der Waals surface area contributed by atoms with Crippen LogP contribution in [0.4, 0.5) is 0 Å². The number of carbonyl (C=O) groups excluding carboxylic acids is 2. The molecular formula is C19H20O5S. The lowest BCUT2D eigenvalue weighted by molar-refractivity contribution is -0.143. The van der Waals surface area contributed by atoms with E-state index in [1.165, 1.54) is 0 Å². The molecule has 0 aliphatic rings. The minimum atomic E-state index is -0.482. The highest BCUT2D eigenvalue weighted by Crippen LogP contribution is 2.25. The van der Waals surface area contributed by atoms with Gasteiger partial charge in [-0.1, -0.05) is 24.3 Å². The molecule has 0 radical (unpaired) electrons. The van der Waals surface area contributed by atoms with Crippen molar-refractivity contribution in [3.8, 4) is 11.5 Å². The lowest BCUT2D eigenvalue weighted by atomic mass is 10.1. The van der Waals surface area contributed by atoms with Gasteiger partial charge in [-0.15, -0.1) is 11.8 Å². The third-order valence-electron chi connectivity index (χ3n) is 3.41. The van der Waals surface area contributed by atoms with Gasteiger partial charge in [0.1, 0.15) is 0 Å². The van der Waals surface area contributed by atoms with Crippen LogP contribution in [-0.2, 0) is 9.53 Å². The first kappa shape index (κ1) is 18.9. The molecule has 0 atom stereocenters. The quantitative estimate of drug-likeness (QED) is 0.387. The number of Topliss-reactive ketones (excluding diaryl/α,β-unsaturated/α-hetero) is 1. The summed E-state index contributed by atoms with van der Waals surface area (Å²) in [4.78, 5) is 24.8. The molecule has 132 valence electrons. The zero-order valence-corrected chi connectivity index (χ0v) is 15.0. The fraction of sp³-hybridized carbons (Fsp3) is 0.263. The molecule has 0 aliphatic carbocycles. The van der Waals surface area contributed by atoms with Gasteiger partial charge < -0.3 is 14.2 Å². The normalized spacial score (nSPS) is 10.2. The fourth-order valence-corrected chi connectivity index (χ4v) is 2.47. The van der Waals surface area contributed by atoms with Crippen molar-refractivity contribution in [3.63, 3.8) is 0 Å². The molecule has 0 N–H and O–H groups in total. The number of esters is 1. The predicted octanol–water partition coefficient (Wildman–Crippen LogP) is 3.61. The average Bonchev–Trinajstić information content (AvgIpc) is 2.66. The van der Waals surface area contributed by atoms with Crippen LogP contribution in [0.15, 0.2) is 53.4 Å². The van der Waals surface area contributed by atoms with Crippen molar-refractivity contribution in [2.75, 3.05) is 26.6 Å². The van der Waals surface area contributed by atoms with Crippen LogP contribution < -0.4 is 9.47 Å². The van der Waals surface area contributed by atoms with E-state index in [1.54, 1.807) is 43.1 Å². The summed E-state index contributed by atoms with van der Waals surface area (Å²) in [7, 11) is 1.55. The number of rotatable bonds is 9. The summed E-state index contributed by atoms with van der Waals surface area (Å²) in [6.45, 7) is -0.123. The van der Waals surface area contributed by atoms with E-state index >= 15 is 0 Å². The summed E-state index contributed by atoms with van der Waals surface area (Å²) in [6, 6.07) is 14.4. The van der Waals surface area contributed by atoms with Crippen LogP contribution in [0.1, 0.15) is 16.8 Å². The number of ketones is 1. The first-order valence-electron chi connectivity index (χ1n) is 7.72. The molecule has 2 aromatic rings. The third kappa shape index (κ3) is 5.83. The Labute approximate surface area is 151 Å². The molecule has 0 spiro atoms. The molecule has 0 bridgehead atoms. The van der Waals surface area contributed by atoms with Crippen LogP contribution in [0.2, 0.25) is 0 Å². The number of para-hydroxylation sites is 2. The third-order valence-corrected chi connectivity index (χ3v) is 4.15. The topological polar surface area (TPSA) is 61.8 Å². The summed E-state index contributed by atoms with van der Waals surface area (Å²) >= 11 is 1.60. The molecule has 0 amide bonds. The number of hydrogen-bond acceptors (Lipinski definition) is 6. The minimum absolute atomic E-state index is 0.0523. The zero-order valence-electron chi connectivity index (χ0n) is 14.2. The molecule has 25 heavy (non-hydrogen) atoms. The molecular weight excluding hydrogens is 340 g/mol. The monoisotopic (exact) mass is 360 g/mol. The highest BCUT2D eigenvalue weighted by atomic mass is 32.2. The SMILES string of the molecule is COc1ccccc1OCCC(=O)OCC(=O)c1ccc(SC)cc1. The Hall–Kier alpha value is -2.47. The lowest BCUT2D eigenvalue weighted by Crippen LogP contribution is -2.16. The van der Waals surface area contributed by atoms with Gasteiger partial charge in [0.2, 0.25) is 0 Å². The van der Waals surface area contributed by atoms with E-state index in [0.717, 1.165) is 4.90 Å². The zero-order chi connectivity index (χ0) is 18.1. The van der Waals surface area contributed by atoms with E-state index in [-0.39, 0.29) is 25.4 Å². The van der Waals surface area contributed by atoms with Crippen LogP contribution in [-0.4, -0.2) is 38.3 Å². The fourth-order valence-electron chi connectivity index (χ4n) is 2.06. The van der Waals surface area contributed by atoms with Crippen LogP contribution >= 0.6 is 11.8 Å².